The van der Waals surface area contributed by atoms with Gasteiger partial charge in [0.2, 0.25) is 0 Å². The van der Waals surface area contributed by atoms with E-state index in [2.05, 4.69) is 4.98 Å². The van der Waals surface area contributed by atoms with Gasteiger partial charge in [0, 0.05) is 30.4 Å². The van der Waals surface area contributed by atoms with E-state index in [1.165, 1.54) is 6.07 Å². The molecule has 1 aromatic carbocycles. The lowest BCUT2D eigenvalue weighted by Crippen LogP contribution is -2.52. The van der Waals surface area contributed by atoms with Gasteiger partial charge in [0.15, 0.2) is 5.82 Å². The normalized spacial score (nSPS) is 21.7. The zero-order valence-corrected chi connectivity index (χ0v) is 12.6. The third-order valence-electron chi connectivity index (χ3n) is 3.74. The second kappa shape index (κ2) is 4.84. The molecule has 1 saturated heterocycles. The second-order valence-electron chi connectivity index (χ2n) is 6.26. The first-order valence-electron chi connectivity index (χ1n) is 7.13. The van der Waals surface area contributed by atoms with E-state index < -0.39 is 0 Å². The van der Waals surface area contributed by atoms with Crippen LogP contribution in [0.1, 0.15) is 20.8 Å². The third kappa shape index (κ3) is 2.53. The standard InChI is InChI=1S/C16H20FN3O/c1-10-8-20(9-16(2,3)21-10)15-12(17)7-13(18)11-5-4-6-19-14(11)15/h4-7,10H,8-9,18H2,1-3H3. The van der Waals surface area contributed by atoms with Gasteiger partial charge < -0.3 is 15.4 Å². The topological polar surface area (TPSA) is 51.4 Å². The summed E-state index contributed by atoms with van der Waals surface area (Å²) < 4.78 is 20.4. The molecule has 2 heterocycles. The Hall–Kier alpha value is -1.88. The first-order chi connectivity index (χ1) is 9.87. The highest BCUT2D eigenvalue weighted by Crippen LogP contribution is 2.35. The molecular weight excluding hydrogens is 269 g/mol. The molecule has 2 N–H and O–H groups in total. The first kappa shape index (κ1) is 14.1. The van der Waals surface area contributed by atoms with Gasteiger partial charge in [0.05, 0.1) is 22.9 Å². The zero-order chi connectivity index (χ0) is 15.2. The van der Waals surface area contributed by atoms with Crippen LogP contribution in [-0.4, -0.2) is 29.8 Å². The van der Waals surface area contributed by atoms with E-state index in [4.69, 9.17) is 10.5 Å². The molecule has 0 radical (unpaired) electrons. The molecule has 0 amide bonds. The van der Waals surface area contributed by atoms with Crippen LogP contribution in [-0.2, 0) is 4.74 Å². The second-order valence-corrected chi connectivity index (χ2v) is 6.26. The molecule has 112 valence electrons. The average molecular weight is 289 g/mol. The summed E-state index contributed by atoms with van der Waals surface area (Å²) in [4.78, 5) is 6.36. The Morgan fingerprint density at radius 2 is 2.24 bits per heavy atom. The van der Waals surface area contributed by atoms with Crippen LogP contribution in [0.25, 0.3) is 10.9 Å². The lowest BCUT2D eigenvalue weighted by Gasteiger charge is -2.43. The highest BCUT2D eigenvalue weighted by Gasteiger charge is 2.33. The van der Waals surface area contributed by atoms with Crippen LogP contribution in [0.4, 0.5) is 15.8 Å². The molecule has 1 aromatic heterocycles. The van der Waals surface area contributed by atoms with Crippen molar-refractivity contribution in [3.8, 4) is 0 Å². The number of hydrogen-bond acceptors (Lipinski definition) is 4. The monoisotopic (exact) mass is 289 g/mol. The van der Waals surface area contributed by atoms with E-state index in [0.29, 0.717) is 30.0 Å². The number of benzene rings is 1. The number of pyridine rings is 1. The third-order valence-corrected chi connectivity index (χ3v) is 3.74. The highest BCUT2D eigenvalue weighted by molar-refractivity contribution is 5.99. The zero-order valence-electron chi connectivity index (χ0n) is 12.6. The van der Waals surface area contributed by atoms with Crippen molar-refractivity contribution in [1.29, 1.82) is 0 Å². The van der Waals surface area contributed by atoms with Crippen LogP contribution < -0.4 is 10.6 Å². The predicted octanol–water partition coefficient (Wildman–Crippen LogP) is 2.96. The summed E-state index contributed by atoms with van der Waals surface area (Å²) in [7, 11) is 0. The fourth-order valence-corrected chi connectivity index (χ4v) is 3.15. The molecule has 1 aliphatic rings. The molecule has 3 rings (SSSR count). The highest BCUT2D eigenvalue weighted by atomic mass is 19.1. The summed E-state index contributed by atoms with van der Waals surface area (Å²) in [6.45, 7) is 7.28. The fraction of sp³-hybridized carbons (Fsp3) is 0.438. The summed E-state index contributed by atoms with van der Waals surface area (Å²) in [5.41, 5.74) is 7.13. The van der Waals surface area contributed by atoms with E-state index in [1.54, 1.807) is 6.20 Å². The van der Waals surface area contributed by atoms with Gasteiger partial charge in [-0.15, -0.1) is 0 Å². The lowest BCUT2D eigenvalue weighted by molar-refractivity contribution is -0.0750. The van der Waals surface area contributed by atoms with Gasteiger partial charge in [-0.25, -0.2) is 4.39 Å². The number of ether oxygens (including phenoxy) is 1. The van der Waals surface area contributed by atoms with Crippen LogP contribution in [0.5, 0.6) is 0 Å². The molecule has 0 bridgehead atoms. The number of nitrogens with zero attached hydrogens (tertiary/aromatic N) is 2. The van der Waals surface area contributed by atoms with E-state index in [-0.39, 0.29) is 17.5 Å². The van der Waals surface area contributed by atoms with Crippen molar-refractivity contribution in [3.05, 3.63) is 30.2 Å². The Balaban J connectivity index is 2.16. The molecule has 5 heteroatoms. The number of aromatic nitrogens is 1. The number of nitrogens with two attached hydrogens (primary N) is 1. The van der Waals surface area contributed by atoms with Gasteiger partial charge in [-0.1, -0.05) is 0 Å². The molecule has 1 unspecified atom stereocenters. The van der Waals surface area contributed by atoms with E-state index >= 15 is 0 Å². The van der Waals surface area contributed by atoms with Crippen molar-refractivity contribution in [1.82, 2.24) is 4.98 Å². The number of nitrogen functional groups attached to an aromatic ring is 1. The minimum Gasteiger partial charge on any atom is -0.398 e. The molecule has 0 spiro atoms. The van der Waals surface area contributed by atoms with Crippen molar-refractivity contribution in [3.63, 3.8) is 0 Å². The summed E-state index contributed by atoms with van der Waals surface area (Å²) in [6, 6.07) is 5.06. The summed E-state index contributed by atoms with van der Waals surface area (Å²) in [6.07, 6.45) is 1.70. The molecule has 21 heavy (non-hydrogen) atoms. The minimum atomic E-state index is -0.330. The van der Waals surface area contributed by atoms with Gasteiger partial charge >= 0.3 is 0 Å². The summed E-state index contributed by atoms with van der Waals surface area (Å²) in [5.74, 6) is -0.330. The molecule has 1 aliphatic heterocycles. The molecular formula is C16H20FN3O. The minimum absolute atomic E-state index is 0.0319. The van der Waals surface area contributed by atoms with Gasteiger partial charge in [-0.2, -0.15) is 0 Å². The van der Waals surface area contributed by atoms with E-state index in [0.717, 1.165) is 5.39 Å². The number of hydrogen-bond donors (Lipinski definition) is 1. The maximum absolute atomic E-state index is 14.5. The van der Waals surface area contributed by atoms with Crippen molar-refractivity contribution in [2.24, 2.45) is 0 Å². The largest absolute Gasteiger partial charge is 0.398 e. The van der Waals surface area contributed by atoms with Crippen LogP contribution in [0.3, 0.4) is 0 Å². The van der Waals surface area contributed by atoms with Crippen LogP contribution in [0.2, 0.25) is 0 Å². The van der Waals surface area contributed by atoms with Crippen LogP contribution in [0.15, 0.2) is 24.4 Å². The molecule has 1 atom stereocenters. The van der Waals surface area contributed by atoms with Crippen molar-refractivity contribution < 1.29 is 9.13 Å². The molecule has 2 aromatic rings. The first-order valence-corrected chi connectivity index (χ1v) is 7.13. The maximum Gasteiger partial charge on any atom is 0.150 e. The number of anilines is 2. The smallest absolute Gasteiger partial charge is 0.150 e. The Kier molecular flexibility index (Phi) is 3.24. The molecule has 0 aliphatic carbocycles. The summed E-state index contributed by atoms with van der Waals surface area (Å²) in [5, 5.41) is 0.783. The van der Waals surface area contributed by atoms with Crippen molar-refractivity contribution in [2.75, 3.05) is 23.7 Å². The van der Waals surface area contributed by atoms with Gasteiger partial charge in [0.25, 0.3) is 0 Å². The number of rotatable bonds is 1. The SMILES string of the molecule is CC1CN(c2c(F)cc(N)c3cccnc23)CC(C)(C)O1. The quantitative estimate of drug-likeness (QED) is 0.820. The number of morpholine rings is 1. The molecule has 1 fully saturated rings. The fourth-order valence-electron chi connectivity index (χ4n) is 3.15. The Morgan fingerprint density at radius 1 is 1.48 bits per heavy atom. The predicted molar refractivity (Wildman–Crippen MR) is 83.0 cm³/mol. The van der Waals surface area contributed by atoms with Gasteiger partial charge in [-0.05, 0) is 39.0 Å². The van der Waals surface area contributed by atoms with Gasteiger partial charge in [0.1, 0.15) is 0 Å². The van der Waals surface area contributed by atoms with E-state index in [9.17, 15) is 4.39 Å². The Morgan fingerprint density at radius 3 is 2.95 bits per heavy atom. The van der Waals surface area contributed by atoms with Crippen LogP contribution in [0, 0.1) is 5.82 Å². The average Bonchev–Trinajstić information content (AvgIpc) is 2.36. The molecule has 4 nitrogen and oxygen atoms in total. The van der Waals surface area contributed by atoms with Gasteiger partial charge in [-0.3, -0.25) is 4.98 Å². The summed E-state index contributed by atoms with van der Waals surface area (Å²) >= 11 is 0. The van der Waals surface area contributed by atoms with Crippen LogP contribution >= 0.6 is 0 Å². The van der Waals surface area contributed by atoms with E-state index in [1.807, 2.05) is 37.8 Å². The lowest BCUT2D eigenvalue weighted by atomic mass is 10.0. The Bertz CT molecular complexity index is 687. The number of halogens is 1. The maximum atomic E-state index is 14.5. The molecule has 0 saturated carbocycles. The Labute approximate surface area is 123 Å². The number of fused-ring (bicyclic) bond motifs is 1. The van der Waals surface area contributed by atoms with Crippen molar-refractivity contribution in [2.45, 2.75) is 32.5 Å². The van der Waals surface area contributed by atoms with Crippen molar-refractivity contribution >= 4 is 22.3 Å².